The van der Waals surface area contributed by atoms with Crippen molar-refractivity contribution in [3.8, 4) is 0 Å². The highest BCUT2D eigenvalue weighted by Crippen LogP contribution is 2.44. The second-order valence-electron chi connectivity index (χ2n) is 4.16. The fourth-order valence-corrected chi connectivity index (χ4v) is 1.71. The van der Waals surface area contributed by atoms with E-state index in [1.165, 1.54) is 19.3 Å². The number of carbonyl (C=O) groups is 1. The van der Waals surface area contributed by atoms with E-state index in [1.807, 2.05) is 13.8 Å². The first kappa shape index (κ1) is 11.1. The van der Waals surface area contributed by atoms with E-state index in [2.05, 4.69) is 0 Å². The van der Waals surface area contributed by atoms with Crippen molar-refractivity contribution in [2.75, 3.05) is 7.11 Å². The largest absolute Gasteiger partial charge is 0.507 e. The molecule has 0 aromatic carbocycles. The summed E-state index contributed by atoms with van der Waals surface area (Å²) >= 11 is 0. The monoisotopic (exact) mass is 222 g/mol. The molecule has 2 aliphatic rings. The zero-order chi connectivity index (χ0) is 11.9. The van der Waals surface area contributed by atoms with Gasteiger partial charge < -0.3 is 14.6 Å². The maximum Gasteiger partial charge on any atom is 0.223 e. The van der Waals surface area contributed by atoms with E-state index < -0.39 is 5.79 Å². The number of hydrogen-bond acceptors (Lipinski definition) is 4. The Labute approximate surface area is 93.9 Å². The first-order valence-corrected chi connectivity index (χ1v) is 5.05. The normalized spacial score (nSPS) is 31.1. The highest BCUT2D eigenvalue weighted by Gasteiger charge is 2.57. The molecule has 16 heavy (non-hydrogen) atoms. The summed E-state index contributed by atoms with van der Waals surface area (Å²) in [7, 11) is 1.50. The van der Waals surface area contributed by atoms with Crippen molar-refractivity contribution in [2.24, 2.45) is 0 Å². The molecule has 0 amide bonds. The van der Waals surface area contributed by atoms with Crippen LogP contribution in [0, 0.1) is 0 Å². The maximum absolute atomic E-state index is 11.7. The summed E-state index contributed by atoms with van der Waals surface area (Å²) in [6, 6.07) is 0. The van der Waals surface area contributed by atoms with Crippen LogP contribution < -0.4 is 0 Å². The number of methoxy groups -OCH3 is 1. The van der Waals surface area contributed by atoms with Crippen LogP contribution in [0.5, 0.6) is 0 Å². The molecule has 2 rings (SSSR count). The number of rotatable bonds is 3. The molecule has 0 radical (unpaired) electrons. The second kappa shape index (κ2) is 3.57. The minimum Gasteiger partial charge on any atom is -0.507 e. The molecule has 0 saturated carbocycles. The Bertz CT molecular complexity index is 426. The van der Waals surface area contributed by atoms with E-state index in [0.29, 0.717) is 0 Å². The van der Waals surface area contributed by atoms with E-state index in [0.717, 1.165) is 5.57 Å². The van der Waals surface area contributed by atoms with E-state index in [-0.39, 0.29) is 23.2 Å². The van der Waals surface area contributed by atoms with Gasteiger partial charge in [-0.05, 0) is 26.0 Å². The standard InChI is InChI=1S/C12H14O4/c1-7(2)4-9(13)8-5-11-12(15-3,16-11)6-10(8)14/h4-6,11,14H,1-3H3. The smallest absolute Gasteiger partial charge is 0.223 e. The van der Waals surface area contributed by atoms with Crippen molar-refractivity contribution in [3.63, 3.8) is 0 Å². The third kappa shape index (κ3) is 1.70. The van der Waals surface area contributed by atoms with Gasteiger partial charge in [-0.25, -0.2) is 0 Å². The highest BCUT2D eigenvalue weighted by molar-refractivity contribution is 6.07. The van der Waals surface area contributed by atoms with Crippen LogP contribution in [0.3, 0.4) is 0 Å². The van der Waals surface area contributed by atoms with Gasteiger partial charge in [0.25, 0.3) is 0 Å². The number of aliphatic hydroxyl groups is 1. The number of hydrogen-bond donors (Lipinski definition) is 1. The predicted molar refractivity (Wildman–Crippen MR) is 57.8 cm³/mol. The molecule has 1 aliphatic heterocycles. The van der Waals surface area contributed by atoms with Gasteiger partial charge in [0.1, 0.15) is 11.9 Å². The van der Waals surface area contributed by atoms with Crippen molar-refractivity contribution in [2.45, 2.75) is 25.7 Å². The van der Waals surface area contributed by atoms with Crippen molar-refractivity contribution in [1.82, 2.24) is 0 Å². The van der Waals surface area contributed by atoms with Crippen LogP contribution in [0.25, 0.3) is 0 Å². The molecule has 1 saturated heterocycles. The number of carbonyl (C=O) groups excluding carboxylic acids is 1. The van der Waals surface area contributed by atoms with Crippen LogP contribution in [0.2, 0.25) is 0 Å². The summed E-state index contributed by atoms with van der Waals surface area (Å²) in [6.07, 6.45) is 4.25. The van der Waals surface area contributed by atoms with Crippen LogP contribution in [0.1, 0.15) is 13.8 Å². The van der Waals surface area contributed by atoms with Gasteiger partial charge in [0, 0.05) is 13.2 Å². The van der Waals surface area contributed by atoms with Crippen molar-refractivity contribution < 1.29 is 19.4 Å². The molecule has 0 aromatic heterocycles. The van der Waals surface area contributed by atoms with Crippen LogP contribution in [0.4, 0.5) is 0 Å². The topological polar surface area (TPSA) is 59.1 Å². The lowest BCUT2D eigenvalue weighted by molar-refractivity contribution is -0.111. The average molecular weight is 222 g/mol. The Morgan fingerprint density at radius 3 is 2.88 bits per heavy atom. The Morgan fingerprint density at radius 1 is 1.62 bits per heavy atom. The summed E-state index contributed by atoms with van der Waals surface area (Å²) in [6.45, 7) is 3.66. The number of ether oxygens (including phenoxy) is 2. The predicted octanol–water partition coefficient (Wildman–Crippen LogP) is 1.65. The Kier molecular flexibility index (Phi) is 2.48. The third-order valence-electron chi connectivity index (χ3n) is 2.59. The molecular weight excluding hydrogens is 208 g/mol. The molecule has 1 heterocycles. The van der Waals surface area contributed by atoms with Gasteiger partial charge in [0.05, 0.1) is 5.57 Å². The minimum absolute atomic E-state index is 0.0851. The molecule has 2 unspecified atom stereocenters. The first-order valence-electron chi connectivity index (χ1n) is 5.05. The molecule has 4 nitrogen and oxygen atoms in total. The minimum atomic E-state index is -0.848. The Hall–Kier alpha value is -1.39. The van der Waals surface area contributed by atoms with Gasteiger partial charge >= 0.3 is 0 Å². The van der Waals surface area contributed by atoms with Gasteiger partial charge in [0.2, 0.25) is 5.79 Å². The van der Waals surface area contributed by atoms with Crippen LogP contribution in [0.15, 0.2) is 35.1 Å². The third-order valence-corrected chi connectivity index (χ3v) is 2.59. The highest BCUT2D eigenvalue weighted by atomic mass is 16.8. The second-order valence-corrected chi connectivity index (χ2v) is 4.16. The molecule has 0 aromatic rings. The summed E-state index contributed by atoms with van der Waals surface area (Å²) in [5.74, 6) is -1.15. The van der Waals surface area contributed by atoms with Gasteiger partial charge in [-0.2, -0.15) is 0 Å². The maximum atomic E-state index is 11.7. The van der Waals surface area contributed by atoms with Crippen LogP contribution in [-0.2, 0) is 14.3 Å². The van der Waals surface area contributed by atoms with Crippen molar-refractivity contribution in [3.05, 3.63) is 35.1 Å². The molecule has 1 aliphatic carbocycles. The van der Waals surface area contributed by atoms with Crippen molar-refractivity contribution >= 4 is 5.78 Å². The van der Waals surface area contributed by atoms with Gasteiger partial charge in [0.15, 0.2) is 5.78 Å². The Balaban J connectivity index is 2.24. The zero-order valence-electron chi connectivity index (χ0n) is 9.48. The lowest BCUT2D eigenvalue weighted by atomic mass is 9.98. The van der Waals surface area contributed by atoms with Gasteiger partial charge in [-0.1, -0.05) is 5.57 Å². The quantitative estimate of drug-likeness (QED) is 0.582. The molecule has 0 bridgehead atoms. The molecular formula is C12H14O4. The molecule has 1 N–H and O–H groups in total. The number of fused-ring (bicyclic) bond motifs is 1. The SMILES string of the molecule is COC12C=C(O)C(C(=O)C=C(C)C)=CC1O2. The van der Waals surface area contributed by atoms with E-state index in [9.17, 15) is 9.90 Å². The van der Waals surface area contributed by atoms with Crippen LogP contribution >= 0.6 is 0 Å². The van der Waals surface area contributed by atoms with E-state index in [4.69, 9.17) is 9.47 Å². The Morgan fingerprint density at radius 2 is 2.31 bits per heavy atom. The number of epoxide rings is 1. The zero-order valence-corrected chi connectivity index (χ0v) is 9.48. The summed E-state index contributed by atoms with van der Waals surface area (Å²) in [4.78, 5) is 11.7. The van der Waals surface area contributed by atoms with E-state index >= 15 is 0 Å². The number of ketones is 1. The first-order chi connectivity index (χ1) is 7.48. The fraction of sp³-hybridized carbons (Fsp3) is 0.417. The van der Waals surface area contributed by atoms with Gasteiger partial charge in [-0.3, -0.25) is 4.79 Å². The number of aliphatic hydroxyl groups excluding tert-OH is 1. The molecule has 4 heteroatoms. The lowest BCUT2D eigenvalue weighted by Crippen LogP contribution is -2.20. The number of allylic oxidation sites excluding steroid dienone is 3. The summed E-state index contributed by atoms with van der Waals surface area (Å²) in [5.41, 5.74) is 1.16. The molecule has 0 spiro atoms. The van der Waals surface area contributed by atoms with Gasteiger partial charge in [-0.15, -0.1) is 0 Å². The summed E-state index contributed by atoms with van der Waals surface area (Å²) < 4.78 is 10.4. The average Bonchev–Trinajstić information content (AvgIpc) is 2.89. The lowest BCUT2D eigenvalue weighted by Gasteiger charge is -2.12. The molecule has 2 atom stereocenters. The molecule has 1 fully saturated rings. The molecule has 86 valence electrons. The summed E-state index contributed by atoms with van der Waals surface area (Å²) in [5, 5.41) is 9.73. The van der Waals surface area contributed by atoms with E-state index in [1.54, 1.807) is 6.08 Å². The van der Waals surface area contributed by atoms with Crippen LogP contribution in [-0.4, -0.2) is 29.9 Å². The fourth-order valence-electron chi connectivity index (χ4n) is 1.71. The van der Waals surface area contributed by atoms with Crippen molar-refractivity contribution in [1.29, 1.82) is 0 Å².